The minimum Gasteiger partial charge on any atom is -0.372 e. The van der Waals surface area contributed by atoms with Crippen molar-refractivity contribution in [2.45, 2.75) is 39.7 Å². The normalized spacial score (nSPS) is 11.3. The van der Waals surface area contributed by atoms with Gasteiger partial charge in [0, 0.05) is 23.5 Å². The zero-order valence-electron chi connectivity index (χ0n) is 19.7. The maximum atomic E-state index is 12.6. The first-order valence-corrected chi connectivity index (χ1v) is 11.2. The summed E-state index contributed by atoms with van der Waals surface area (Å²) in [6.45, 7) is 6.23. The van der Waals surface area contributed by atoms with Gasteiger partial charge in [0.1, 0.15) is 0 Å². The number of benzene rings is 2. The van der Waals surface area contributed by atoms with Crippen LogP contribution in [0.2, 0.25) is 0 Å². The SMILES string of the molecule is CCc1cc(NC(=O)NC(C)c2ccncc2)cc2nn(-c3ccccc3)c(CC)c12.NC=O. The molecule has 0 aliphatic rings. The van der Waals surface area contributed by atoms with Crippen molar-refractivity contribution in [2.24, 2.45) is 5.73 Å². The Hall–Kier alpha value is -4.20. The van der Waals surface area contributed by atoms with Crippen LogP contribution in [0.4, 0.5) is 10.5 Å². The molecule has 34 heavy (non-hydrogen) atoms. The van der Waals surface area contributed by atoms with E-state index >= 15 is 0 Å². The van der Waals surface area contributed by atoms with Crippen molar-refractivity contribution in [1.29, 1.82) is 0 Å². The average Bonchev–Trinajstić information content (AvgIpc) is 3.23. The number of amides is 3. The number of carbonyl (C=O) groups excluding carboxylic acids is 2. The van der Waals surface area contributed by atoms with Gasteiger partial charge in [-0.3, -0.25) is 9.78 Å². The monoisotopic (exact) mass is 458 g/mol. The van der Waals surface area contributed by atoms with Gasteiger partial charge in [-0.2, -0.15) is 5.10 Å². The fourth-order valence-corrected chi connectivity index (χ4v) is 3.93. The summed E-state index contributed by atoms with van der Waals surface area (Å²) < 4.78 is 2.01. The maximum absolute atomic E-state index is 12.6. The van der Waals surface area contributed by atoms with Gasteiger partial charge in [-0.25, -0.2) is 9.48 Å². The lowest BCUT2D eigenvalue weighted by molar-refractivity contribution is -0.106. The predicted molar refractivity (Wildman–Crippen MR) is 135 cm³/mol. The molecule has 0 saturated carbocycles. The van der Waals surface area contributed by atoms with Crippen LogP contribution in [-0.2, 0) is 17.6 Å². The van der Waals surface area contributed by atoms with E-state index in [1.165, 1.54) is 16.6 Å². The van der Waals surface area contributed by atoms with E-state index in [0.29, 0.717) is 0 Å². The lowest BCUT2D eigenvalue weighted by Crippen LogP contribution is -2.31. The number of aryl methyl sites for hydroxylation is 2. The molecule has 2 aromatic carbocycles. The quantitative estimate of drug-likeness (QED) is 0.368. The van der Waals surface area contributed by atoms with E-state index in [9.17, 15) is 4.79 Å². The number of primary amides is 1. The topological polar surface area (TPSA) is 115 Å². The number of hydrogen-bond acceptors (Lipinski definition) is 4. The van der Waals surface area contributed by atoms with Crippen LogP contribution >= 0.6 is 0 Å². The molecule has 1 unspecified atom stereocenters. The Morgan fingerprint density at radius 2 is 1.76 bits per heavy atom. The summed E-state index contributed by atoms with van der Waals surface area (Å²) in [5.74, 6) is 0. The van der Waals surface area contributed by atoms with Crippen LogP contribution in [0.3, 0.4) is 0 Å². The lowest BCUT2D eigenvalue weighted by atomic mass is 10.0. The molecule has 176 valence electrons. The summed E-state index contributed by atoms with van der Waals surface area (Å²) in [7, 11) is 0. The molecule has 4 rings (SSSR count). The van der Waals surface area contributed by atoms with E-state index in [2.05, 4.69) is 53.4 Å². The van der Waals surface area contributed by atoms with Crippen LogP contribution in [0, 0.1) is 0 Å². The van der Waals surface area contributed by atoms with Crippen molar-refractivity contribution >= 4 is 29.0 Å². The summed E-state index contributed by atoms with van der Waals surface area (Å²) in [5, 5.41) is 12.0. The number of carbonyl (C=O) groups is 2. The number of pyridine rings is 1. The Balaban J connectivity index is 0.00000103. The van der Waals surface area contributed by atoms with Gasteiger partial charge in [0.2, 0.25) is 6.41 Å². The Morgan fingerprint density at radius 3 is 2.38 bits per heavy atom. The number of fused-ring (bicyclic) bond motifs is 1. The second-order valence-corrected chi connectivity index (χ2v) is 7.67. The van der Waals surface area contributed by atoms with Crippen LogP contribution < -0.4 is 16.4 Å². The lowest BCUT2D eigenvalue weighted by Gasteiger charge is -2.15. The highest BCUT2D eigenvalue weighted by Crippen LogP contribution is 2.29. The third-order valence-electron chi connectivity index (χ3n) is 5.48. The molecule has 2 heterocycles. The van der Waals surface area contributed by atoms with E-state index in [1.807, 2.05) is 48.0 Å². The van der Waals surface area contributed by atoms with Gasteiger partial charge < -0.3 is 16.4 Å². The molecular weight excluding hydrogens is 428 g/mol. The number of anilines is 1. The van der Waals surface area contributed by atoms with Crippen LogP contribution in [0.5, 0.6) is 0 Å². The summed E-state index contributed by atoms with van der Waals surface area (Å²) in [4.78, 5) is 25.2. The molecule has 0 aliphatic carbocycles. The number of nitrogens with two attached hydrogens (primary N) is 1. The number of aromatic nitrogens is 3. The third-order valence-corrected chi connectivity index (χ3v) is 5.48. The molecule has 1 atom stereocenters. The Labute approximate surface area is 199 Å². The fraction of sp³-hybridized carbons (Fsp3) is 0.231. The molecule has 0 spiro atoms. The van der Waals surface area contributed by atoms with Crippen LogP contribution in [0.15, 0.2) is 67.0 Å². The fourth-order valence-electron chi connectivity index (χ4n) is 3.93. The van der Waals surface area contributed by atoms with Crippen molar-refractivity contribution in [3.63, 3.8) is 0 Å². The molecule has 4 N–H and O–H groups in total. The Bertz CT molecular complexity index is 1240. The summed E-state index contributed by atoms with van der Waals surface area (Å²) >= 11 is 0. The molecule has 8 nitrogen and oxygen atoms in total. The molecule has 0 radical (unpaired) electrons. The van der Waals surface area contributed by atoms with Crippen molar-refractivity contribution in [2.75, 3.05) is 5.32 Å². The van der Waals surface area contributed by atoms with Gasteiger partial charge in [-0.15, -0.1) is 0 Å². The molecule has 2 aromatic heterocycles. The summed E-state index contributed by atoms with van der Waals surface area (Å²) in [6, 6.07) is 17.6. The van der Waals surface area contributed by atoms with E-state index in [0.717, 1.165) is 35.3 Å². The van der Waals surface area contributed by atoms with E-state index in [-0.39, 0.29) is 18.5 Å². The summed E-state index contributed by atoms with van der Waals surface area (Å²) in [6.07, 6.45) is 5.42. The molecule has 4 aromatic rings. The van der Waals surface area contributed by atoms with E-state index < -0.39 is 0 Å². The van der Waals surface area contributed by atoms with E-state index in [1.54, 1.807) is 12.4 Å². The molecule has 0 saturated heterocycles. The maximum Gasteiger partial charge on any atom is 0.319 e. The van der Waals surface area contributed by atoms with Gasteiger partial charge in [-0.1, -0.05) is 32.0 Å². The Kier molecular flexibility index (Phi) is 8.34. The second kappa shape index (κ2) is 11.6. The third kappa shape index (κ3) is 5.58. The smallest absolute Gasteiger partial charge is 0.319 e. The number of nitrogens with one attached hydrogen (secondary N) is 2. The van der Waals surface area contributed by atoms with Gasteiger partial charge in [0.15, 0.2) is 0 Å². The first-order chi connectivity index (χ1) is 16.5. The number of hydrogen-bond donors (Lipinski definition) is 3. The zero-order valence-corrected chi connectivity index (χ0v) is 19.7. The minimum absolute atomic E-state index is 0.124. The molecule has 0 aliphatic heterocycles. The number of nitrogens with zero attached hydrogens (tertiary/aromatic N) is 3. The molecule has 8 heteroatoms. The highest BCUT2D eigenvalue weighted by atomic mass is 16.2. The van der Waals surface area contributed by atoms with Crippen LogP contribution in [-0.4, -0.2) is 27.2 Å². The van der Waals surface area contributed by atoms with Crippen molar-refractivity contribution in [1.82, 2.24) is 20.1 Å². The van der Waals surface area contributed by atoms with Crippen LogP contribution in [0.25, 0.3) is 16.6 Å². The van der Waals surface area contributed by atoms with E-state index in [4.69, 9.17) is 9.89 Å². The first kappa shape index (κ1) is 24.4. The molecule has 0 fully saturated rings. The van der Waals surface area contributed by atoms with Crippen LogP contribution in [0.1, 0.15) is 43.6 Å². The highest BCUT2D eigenvalue weighted by molar-refractivity contribution is 5.95. The minimum atomic E-state index is -0.246. The molecular formula is C26H30N6O2. The summed E-state index contributed by atoms with van der Waals surface area (Å²) in [5.41, 5.74) is 10.2. The van der Waals surface area contributed by atoms with Gasteiger partial charge in [0.25, 0.3) is 0 Å². The van der Waals surface area contributed by atoms with Crippen molar-refractivity contribution in [3.05, 3.63) is 83.8 Å². The number of urea groups is 1. The Morgan fingerprint density at radius 1 is 1.09 bits per heavy atom. The number of rotatable bonds is 6. The first-order valence-electron chi connectivity index (χ1n) is 11.2. The van der Waals surface area contributed by atoms with Gasteiger partial charge in [-0.05, 0) is 67.3 Å². The highest BCUT2D eigenvalue weighted by Gasteiger charge is 2.17. The standard InChI is InChI=1S/C25H27N5O.CH3NO/c1-4-18-15-20(28-25(31)27-17(3)19-11-13-26-14-12-19)16-22-24(18)23(5-2)30(29-22)21-9-7-6-8-10-21;2-1-3/h6-17H,4-5H2,1-3H3,(H2,27,28,31);1H,(H2,2,3). The number of para-hydroxylation sites is 1. The molecule has 3 amide bonds. The van der Waals surface area contributed by atoms with Gasteiger partial charge >= 0.3 is 6.03 Å². The van der Waals surface area contributed by atoms with Crippen molar-refractivity contribution < 1.29 is 9.59 Å². The van der Waals surface area contributed by atoms with Gasteiger partial charge in [0.05, 0.1) is 22.9 Å². The largest absolute Gasteiger partial charge is 0.372 e. The predicted octanol–water partition coefficient (Wildman–Crippen LogP) is 4.53. The average molecular weight is 459 g/mol. The molecule has 0 bridgehead atoms. The van der Waals surface area contributed by atoms with Crippen molar-refractivity contribution in [3.8, 4) is 5.69 Å². The zero-order chi connectivity index (χ0) is 24.5. The second-order valence-electron chi connectivity index (χ2n) is 7.67.